The van der Waals surface area contributed by atoms with Crippen LogP contribution in [-0.2, 0) is 6.54 Å². The smallest absolute Gasteiger partial charge is 0.280 e. The highest BCUT2D eigenvalue weighted by Gasteiger charge is 2.17. The summed E-state index contributed by atoms with van der Waals surface area (Å²) in [7, 11) is 0. The van der Waals surface area contributed by atoms with Gasteiger partial charge in [0.25, 0.3) is 5.91 Å². The van der Waals surface area contributed by atoms with Gasteiger partial charge in [0.2, 0.25) is 5.62 Å². The first-order valence-electron chi connectivity index (χ1n) is 10.5. The van der Waals surface area contributed by atoms with Crippen LogP contribution >= 0.6 is 0 Å². The number of hydrogen-bond acceptors (Lipinski definition) is 5. The number of aliphatic hydroxyl groups is 1. The molecule has 0 spiro atoms. The van der Waals surface area contributed by atoms with E-state index in [1.165, 1.54) is 24.4 Å². The Labute approximate surface area is 195 Å². The summed E-state index contributed by atoms with van der Waals surface area (Å²) in [6.45, 7) is 3.60. The largest absolute Gasteiger partial charge is 0.507 e. The van der Waals surface area contributed by atoms with Crippen LogP contribution in [0.2, 0.25) is 0 Å². The third-order valence-corrected chi connectivity index (χ3v) is 4.98. The maximum Gasteiger partial charge on any atom is 0.280 e. The van der Waals surface area contributed by atoms with E-state index in [4.69, 9.17) is 0 Å². The van der Waals surface area contributed by atoms with Crippen molar-refractivity contribution in [2.24, 2.45) is 4.99 Å². The Morgan fingerprint density at radius 3 is 2.74 bits per heavy atom. The molecule has 3 N–H and O–H groups in total. The van der Waals surface area contributed by atoms with E-state index in [2.05, 4.69) is 26.8 Å². The molecule has 0 aliphatic rings. The summed E-state index contributed by atoms with van der Waals surface area (Å²) < 4.78 is 1.76. The Balaban J connectivity index is 1.71. The van der Waals surface area contributed by atoms with Gasteiger partial charge >= 0.3 is 0 Å². The molecule has 1 amide bonds. The third kappa shape index (κ3) is 4.95. The van der Waals surface area contributed by atoms with Crippen molar-refractivity contribution in [1.29, 1.82) is 0 Å². The average molecular weight is 454 g/mol. The number of benzene rings is 2. The Morgan fingerprint density at radius 1 is 1.18 bits per heavy atom. The third-order valence-electron chi connectivity index (χ3n) is 4.98. The van der Waals surface area contributed by atoms with Gasteiger partial charge in [0.15, 0.2) is 6.29 Å². The zero-order valence-electron chi connectivity index (χ0n) is 18.6. The number of rotatable bonds is 4. The number of nitrogens with one attached hydrogen (secondary N) is 1. The molecule has 0 fully saturated rings. The molecule has 2 heterocycles. The predicted molar refractivity (Wildman–Crippen MR) is 126 cm³/mol. The minimum Gasteiger partial charge on any atom is -0.507 e. The number of pyridine rings is 1. The maximum absolute atomic E-state index is 13.0. The monoisotopic (exact) mass is 454 g/mol. The van der Waals surface area contributed by atoms with E-state index in [1.807, 2.05) is 24.3 Å². The lowest BCUT2D eigenvalue weighted by Crippen LogP contribution is -2.32. The molecule has 8 heteroatoms. The van der Waals surface area contributed by atoms with Crippen LogP contribution in [-0.4, -0.2) is 42.5 Å². The first-order chi connectivity index (χ1) is 16.2. The first kappa shape index (κ1) is 22.7. The standard InChI is InChI=1S/C26H22N4O4/c1-26(2,34)16-30-22-8-4-3-7-21(22)28-25(30)29-24(33)18-12-13-27-19(14-18)11-10-17-6-5-9-23(32)20(17)15-31/h3-9,12-15,32,34H,16H2,1-2H3,(H,28,29,33). The Bertz CT molecular complexity index is 1530. The fraction of sp³-hybridized carbons (Fsp3) is 0.154. The summed E-state index contributed by atoms with van der Waals surface area (Å²) >= 11 is 0. The molecule has 0 aliphatic heterocycles. The molecule has 8 nitrogen and oxygen atoms in total. The summed E-state index contributed by atoms with van der Waals surface area (Å²) in [5.74, 6) is 4.96. The number of aromatic amines is 1. The van der Waals surface area contributed by atoms with Gasteiger partial charge in [-0.05, 0) is 56.2 Å². The number of phenols is 1. The first-order valence-corrected chi connectivity index (χ1v) is 10.5. The molecule has 0 radical (unpaired) electrons. The normalized spacial score (nSPS) is 11.8. The molecule has 4 aromatic rings. The zero-order chi connectivity index (χ0) is 24.3. The number of imidazole rings is 1. The quantitative estimate of drug-likeness (QED) is 0.323. The number of fused-ring (bicyclic) bond motifs is 1. The lowest BCUT2D eigenvalue weighted by atomic mass is 10.1. The van der Waals surface area contributed by atoms with Crippen LogP contribution in [0.5, 0.6) is 5.75 Å². The molecule has 0 bridgehead atoms. The van der Waals surface area contributed by atoms with Gasteiger partial charge in [-0.15, -0.1) is 0 Å². The van der Waals surface area contributed by atoms with Gasteiger partial charge in [0, 0.05) is 17.3 Å². The van der Waals surface area contributed by atoms with Crippen LogP contribution in [0.3, 0.4) is 0 Å². The van der Waals surface area contributed by atoms with Crippen molar-refractivity contribution in [2.45, 2.75) is 26.0 Å². The molecule has 2 aromatic heterocycles. The van der Waals surface area contributed by atoms with Gasteiger partial charge in [0.1, 0.15) is 11.4 Å². The van der Waals surface area contributed by atoms with Crippen molar-refractivity contribution in [3.63, 3.8) is 0 Å². The topological polar surface area (TPSA) is 121 Å². The molecule has 0 saturated carbocycles. The summed E-state index contributed by atoms with van der Waals surface area (Å²) in [5.41, 5.74) is 1.92. The summed E-state index contributed by atoms with van der Waals surface area (Å²) in [4.78, 5) is 35.7. The second-order valence-corrected chi connectivity index (χ2v) is 8.32. The second kappa shape index (κ2) is 9.17. The molecular formula is C26H22N4O4. The lowest BCUT2D eigenvalue weighted by molar-refractivity contribution is 0.0612. The number of carbonyl (C=O) groups is 2. The number of hydrogen-bond donors (Lipinski definition) is 3. The van der Waals surface area contributed by atoms with E-state index >= 15 is 0 Å². The van der Waals surface area contributed by atoms with Crippen LogP contribution in [0.4, 0.5) is 0 Å². The average Bonchev–Trinajstić information content (AvgIpc) is 3.13. The number of nitrogens with zero attached hydrogens (tertiary/aromatic N) is 3. The van der Waals surface area contributed by atoms with Crippen molar-refractivity contribution in [3.05, 3.63) is 88.8 Å². The van der Waals surface area contributed by atoms with E-state index in [0.29, 0.717) is 23.2 Å². The number of carbonyl (C=O) groups excluding carboxylic acids is 2. The summed E-state index contributed by atoms with van der Waals surface area (Å²) in [6.07, 6.45) is 1.99. The Hall–Kier alpha value is -4.48. The van der Waals surface area contributed by atoms with Gasteiger partial charge in [-0.3, -0.25) is 9.59 Å². The molecule has 2 aromatic carbocycles. The SMILES string of the molecule is CC(C)(O)Cn1/c(=N/C(=O)c2ccnc(C#Cc3cccc(O)c3C=O)c2)[nH]c2ccccc21. The predicted octanol–water partition coefficient (Wildman–Crippen LogP) is 2.79. The van der Waals surface area contributed by atoms with E-state index in [9.17, 15) is 19.8 Å². The number of aromatic hydroxyl groups is 1. The van der Waals surface area contributed by atoms with E-state index in [-0.39, 0.29) is 23.4 Å². The van der Waals surface area contributed by atoms with Crippen LogP contribution in [0.15, 0.2) is 65.8 Å². The molecule has 170 valence electrons. The second-order valence-electron chi connectivity index (χ2n) is 8.32. The van der Waals surface area contributed by atoms with Crippen molar-refractivity contribution in [3.8, 4) is 17.6 Å². The van der Waals surface area contributed by atoms with Gasteiger partial charge in [-0.25, -0.2) is 4.98 Å². The maximum atomic E-state index is 13.0. The molecular weight excluding hydrogens is 432 g/mol. The van der Waals surface area contributed by atoms with Crippen LogP contribution in [0.1, 0.15) is 45.8 Å². The van der Waals surface area contributed by atoms with Gasteiger partial charge in [-0.1, -0.05) is 24.1 Å². The van der Waals surface area contributed by atoms with Gasteiger partial charge in [-0.2, -0.15) is 4.99 Å². The number of phenolic OH excluding ortho intramolecular Hbond substituents is 1. The fourth-order valence-corrected chi connectivity index (χ4v) is 3.46. The van der Waals surface area contributed by atoms with E-state index in [1.54, 1.807) is 30.5 Å². The Morgan fingerprint density at radius 2 is 1.97 bits per heavy atom. The molecule has 34 heavy (non-hydrogen) atoms. The van der Waals surface area contributed by atoms with Crippen molar-refractivity contribution in [1.82, 2.24) is 14.5 Å². The zero-order valence-corrected chi connectivity index (χ0v) is 18.6. The molecule has 4 rings (SSSR count). The highest BCUT2D eigenvalue weighted by molar-refractivity contribution is 5.95. The molecule has 0 atom stereocenters. The number of aldehydes is 1. The van der Waals surface area contributed by atoms with Crippen LogP contribution in [0.25, 0.3) is 11.0 Å². The molecule has 0 saturated heterocycles. The summed E-state index contributed by atoms with van der Waals surface area (Å²) in [5, 5.41) is 20.1. The van der Waals surface area contributed by atoms with E-state index in [0.717, 1.165) is 11.0 Å². The van der Waals surface area contributed by atoms with Crippen molar-refractivity contribution >= 4 is 23.2 Å². The number of aromatic nitrogens is 3. The molecule has 0 aliphatic carbocycles. The number of para-hydroxylation sites is 2. The highest BCUT2D eigenvalue weighted by Crippen LogP contribution is 2.18. The van der Waals surface area contributed by atoms with Gasteiger partial charge in [0.05, 0.1) is 28.7 Å². The van der Waals surface area contributed by atoms with Crippen LogP contribution in [0, 0.1) is 11.8 Å². The summed E-state index contributed by atoms with van der Waals surface area (Å²) in [6, 6.07) is 15.1. The van der Waals surface area contributed by atoms with Crippen molar-refractivity contribution < 1.29 is 19.8 Å². The van der Waals surface area contributed by atoms with E-state index < -0.39 is 11.5 Å². The lowest BCUT2D eigenvalue weighted by Gasteiger charge is -2.18. The van der Waals surface area contributed by atoms with Crippen LogP contribution < -0.4 is 5.62 Å². The number of H-pyrrole nitrogens is 1. The molecule has 0 unspecified atom stereocenters. The van der Waals surface area contributed by atoms with Gasteiger partial charge < -0.3 is 19.8 Å². The number of amides is 1. The minimum atomic E-state index is -1.02. The minimum absolute atomic E-state index is 0.0902. The fourth-order valence-electron chi connectivity index (χ4n) is 3.46. The highest BCUT2D eigenvalue weighted by atomic mass is 16.3. The Kier molecular flexibility index (Phi) is 6.13. The van der Waals surface area contributed by atoms with Crippen molar-refractivity contribution in [2.75, 3.05) is 0 Å².